The topological polar surface area (TPSA) is 66.8 Å². The van der Waals surface area contributed by atoms with E-state index in [0.717, 1.165) is 56.1 Å². The third-order valence-corrected chi connectivity index (χ3v) is 8.95. The molecule has 33 heavy (non-hydrogen) atoms. The molecule has 0 unspecified atom stereocenters. The Morgan fingerprint density at radius 2 is 1.88 bits per heavy atom. The summed E-state index contributed by atoms with van der Waals surface area (Å²) in [5, 5.41) is 20.9. The molecule has 0 radical (unpaired) electrons. The minimum Gasteiger partial charge on any atom is -0.508 e. The minimum absolute atomic E-state index is 0.0339. The maximum atomic E-state index is 13.7. The number of ether oxygens (including phenoxy) is 1. The van der Waals surface area contributed by atoms with Gasteiger partial charge in [0.2, 0.25) is 0 Å². The van der Waals surface area contributed by atoms with Gasteiger partial charge < -0.3 is 14.9 Å². The highest BCUT2D eigenvalue weighted by molar-refractivity contribution is 6.01. The van der Waals surface area contributed by atoms with E-state index in [2.05, 4.69) is 19.1 Å². The number of hydrogen-bond acceptors (Lipinski definition) is 4. The van der Waals surface area contributed by atoms with Crippen LogP contribution in [0, 0.1) is 23.2 Å². The monoisotopic (exact) mass is 448 g/mol. The van der Waals surface area contributed by atoms with Crippen molar-refractivity contribution in [2.24, 2.45) is 23.2 Å². The smallest absolute Gasteiger partial charge is 0.166 e. The Kier molecular flexibility index (Phi) is 6.32. The van der Waals surface area contributed by atoms with Crippen molar-refractivity contribution in [3.8, 4) is 5.75 Å². The number of rotatable bonds is 7. The van der Waals surface area contributed by atoms with E-state index >= 15 is 0 Å². The third-order valence-electron chi connectivity index (χ3n) is 8.95. The maximum absolute atomic E-state index is 13.7. The Hall–Kier alpha value is -2.17. The van der Waals surface area contributed by atoms with E-state index in [0.29, 0.717) is 25.0 Å². The number of aliphatic hydroxyl groups is 1. The van der Waals surface area contributed by atoms with Gasteiger partial charge in [0.25, 0.3) is 0 Å². The van der Waals surface area contributed by atoms with Gasteiger partial charge in [0.15, 0.2) is 5.78 Å². The van der Waals surface area contributed by atoms with Crippen molar-refractivity contribution in [3.05, 3.63) is 65.2 Å². The molecular formula is C29H36O4. The van der Waals surface area contributed by atoms with Crippen molar-refractivity contribution in [3.63, 3.8) is 0 Å². The van der Waals surface area contributed by atoms with E-state index in [1.807, 2.05) is 24.3 Å². The standard InChI is InChI=1S/C29H36O4/c1-29-15-14-22-21-11-10-20(30)17-24(21)28(32)23(27(22)25(29)12-13-26(29)31)9-5-6-16-33-18-19-7-3-2-4-8-19/h2-4,7-8,10-11,17,22-23,25-27,30-31H,5-6,9,12-16,18H2,1H3/t22-,23+,25+,26+,27+,29+/m1/s1. The molecule has 0 heterocycles. The summed E-state index contributed by atoms with van der Waals surface area (Å²) in [5.74, 6) is 1.35. The summed E-state index contributed by atoms with van der Waals surface area (Å²) in [5.41, 5.74) is 2.95. The van der Waals surface area contributed by atoms with Crippen LogP contribution in [0.25, 0.3) is 0 Å². The number of carbonyl (C=O) groups is 1. The minimum atomic E-state index is -0.258. The zero-order chi connectivity index (χ0) is 23.0. The van der Waals surface area contributed by atoms with Crippen LogP contribution in [0.5, 0.6) is 5.75 Å². The molecule has 2 N–H and O–H groups in total. The lowest BCUT2D eigenvalue weighted by Crippen LogP contribution is -2.49. The van der Waals surface area contributed by atoms with Gasteiger partial charge in [-0.3, -0.25) is 4.79 Å². The first-order chi connectivity index (χ1) is 16.0. The Morgan fingerprint density at radius 3 is 2.70 bits per heavy atom. The predicted molar refractivity (Wildman–Crippen MR) is 128 cm³/mol. The van der Waals surface area contributed by atoms with Crippen molar-refractivity contribution in [2.75, 3.05) is 6.61 Å². The quantitative estimate of drug-likeness (QED) is 0.521. The number of benzene rings is 2. The summed E-state index contributed by atoms with van der Waals surface area (Å²) in [4.78, 5) is 13.7. The molecule has 176 valence electrons. The molecule has 0 spiro atoms. The molecule has 4 heteroatoms. The summed E-state index contributed by atoms with van der Waals surface area (Å²) in [6.45, 7) is 3.57. The number of phenols is 1. The maximum Gasteiger partial charge on any atom is 0.166 e. The van der Waals surface area contributed by atoms with Crippen LogP contribution in [-0.2, 0) is 11.3 Å². The van der Waals surface area contributed by atoms with Gasteiger partial charge in [-0.15, -0.1) is 0 Å². The van der Waals surface area contributed by atoms with Crippen LogP contribution >= 0.6 is 0 Å². The van der Waals surface area contributed by atoms with Gasteiger partial charge in [-0.1, -0.05) is 49.7 Å². The number of aromatic hydroxyl groups is 1. The lowest BCUT2D eigenvalue weighted by Gasteiger charge is -2.52. The van der Waals surface area contributed by atoms with E-state index in [1.54, 1.807) is 12.1 Å². The molecule has 5 rings (SSSR count). The summed E-state index contributed by atoms with van der Waals surface area (Å²) in [6.07, 6.45) is 6.36. The molecule has 3 aliphatic rings. The average Bonchev–Trinajstić information content (AvgIpc) is 3.13. The first-order valence-electron chi connectivity index (χ1n) is 12.7. The van der Waals surface area contributed by atoms with Crippen molar-refractivity contribution in [1.29, 1.82) is 0 Å². The van der Waals surface area contributed by atoms with Gasteiger partial charge in [-0.25, -0.2) is 0 Å². The molecule has 2 aromatic carbocycles. The molecule has 0 aliphatic heterocycles. The lowest BCUT2D eigenvalue weighted by molar-refractivity contribution is -0.0352. The van der Waals surface area contributed by atoms with Crippen LogP contribution in [0.2, 0.25) is 0 Å². The molecule has 6 atom stereocenters. The Labute approximate surface area is 197 Å². The molecule has 0 aromatic heterocycles. The molecule has 0 amide bonds. The number of Topliss-reactive ketones (excluding diaryl/α,β-unsaturated/α-hetero) is 1. The summed E-state index contributed by atoms with van der Waals surface area (Å²) in [7, 11) is 0. The van der Waals surface area contributed by atoms with Crippen molar-refractivity contribution in [1.82, 2.24) is 0 Å². The molecule has 2 fully saturated rings. The number of hydrogen-bond donors (Lipinski definition) is 2. The van der Waals surface area contributed by atoms with E-state index in [-0.39, 0.29) is 34.9 Å². The first kappa shape index (κ1) is 22.6. The normalized spacial score (nSPS) is 32.8. The van der Waals surface area contributed by atoms with E-state index < -0.39 is 0 Å². The molecule has 2 saturated carbocycles. The van der Waals surface area contributed by atoms with Crippen molar-refractivity contribution < 1.29 is 19.7 Å². The van der Waals surface area contributed by atoms with Crippen LogP contribution < -0.4 is 0 Å². The van der Waals surface area contributed by atoms with E-state index in [4.69, 9.17) is 4.74 Å². The van der Waals surface area contributed by atoms with Gasteiger partial charge in [-0.05, 0) is 85.0 Å². The third kappa shape index (κ3) is 4.13. The largest absolute Gasteiger partial charge is 0.508 e. The van der Waals surface area contributed by atoms with Crippen LogP contribution in [0.3, 0.4) is 0 Å². The Morgan fingerprint density at radius 1 is 1.06 bits per heavy atom. The Bertz CT molecular complexity index is 986. The van der Waals surface area contributed by atoms with Gasteiger partial charge in [-0.2, -0.15) is 0 Å². The molecule has 0 bridgehead atoms. The zero-order valence-electron chi connectivity index (χ0n) is 19.6. The fraction of sp³-hybridized carbons (Fsp3) is 0.552. The molecule has 2 aromatic rings. The fourth-order valence-electron chi connectivity index (χ4n) is 7.20. The summed E-state index contributed by atoms with van der Waals surface area (Å²) in [6, 6.07) is 15.6. The number of phenolic OH excluding ortho intramolecular Hbond substituents is 1. The first-order valence-corrected chi connectivity index (χ1v) is 12.7. The number of fused-ring (bicyclic) bond motifs is 5. The highest BCUT2D eigenvalue weighted by atomic mass is 16.5. The molecule has 4 nitrogen and oxygen atoms in total. The average molecular weight is 449 g/mol. The second-order valence-corrected chi connectivity index (χ2v) is 10.7. The van der Waals surface area contributed by atoms with Crippen LogP contribution in [0.4, 0.5) is 0 Å². The zero-order valence-corrected chi connectivity index (χ0v) is 19.6. The SMILES string of the molecule is C[C@]12CC[C@@H]3c4ccc(O)cc4C(=O)[C@@H](CCCCOCc4ccccc4)[C@H]3[C@@H]1CC[C@@H]2O. The summed E-state index contributed by atoms with van der Waals surface area (Å²) >= 11 is 0. The molecular weight excluding hydrogens is 412 g/mol. The number of unbranched alkanes of at least 4 members (excludes halogenated alkanes) is 1. The van der Waals surface area contributed by atoms with Crippen molar-refractivity contribution in [2.45, 2.75) is 70.5 Å². The van der Waals surface area contributed by atoms with Crippen molar-refractivity contribution >= 4 is 5.78 Å². The molecule has 3 aliphatic carbocycles. The van der Waals surface area contributed by atoms with Gasteiger partial charge in [0.05, 0.1) is 12.7 Å². The van der Waals surface area contributed by atoms with Gasteiger partial charge in [0, 0.05) is 18.1 Å². The fourth-order valence-corrected chi connectivity index (χ4v) is 7.20. The van der Waals surface area contributed by atoms with Crippen LogP contribution in [0.1, 0.15) is 79.3 Å². The van der Waals surface area contributed by atoms with Gasteiger partial charge in [0.1, 0.15) is 5.75 Å². The highest BCUT2D eigenvalue weighted by Gasteiger charge is 2.58. The van der Waals surface area contributed by atoms with E-state index in [9.17, 15) is 15.0 Å². The molecule has 0 saturated heterocycles. The highest BCUT2D eigenvalue weighted by Crippen LogP contribution is 2.62. The second kappa shape index (κ2) is 9.23. The number of ketones is 1. The number of carbonyl (C=O) groups excluding carboxylic acids is 1. The van der Waals surface area contributed by atoms with E-state index in [1.165, 1.54) is 5.56 Å². The van der Waals surface area contributed by atoms with Crippen LogP contribution in [0.15, 0.2) is 48.5 Å². The Balaban J connectivity index is 1.30. The van der Waals surface area contributed by atoms with Crippen LogP contribution in [-0.4, -0.2) is 28.7 Å². The second-order valence-electron chi connectivity index (χ2n) is 10.7. The van der Waals surface area contributed by atoms with Gasteiger partial charge >= 0.3 is 0 Å². The number of aliphatic hydroxyl groups excluding tert-OH is 1. The lowest BCUT2D eigenvalue weighted by atomic mass is 9.51. The predicted octanol–water partition coefficient (Wildman–Crippen LogP) is 5.86. The summed E-state index contributed by atoms with van der Waals surface area (Å²) < 4.78 is 5.86.